The van der Waals surface area contributed by atoms with Gasteiger partial charge in [-0.3, -0.25) is 4.79 Å². The Morgan fingerprint density at radius 2 is 1.79 bits per heavy atom. The number of carbonyl (C=O) groups is 1. The molecular weight excluding hydrogens is 443 g/mol. The smallest absolute Gasteiger partial charge is 0.276 e. The molecule has 0 aromatic heterocycles. The summed E-state index contributed by atoms with van der Waals surface area (Å²) < 4.78 is 32.0. The Morgan fingerprint density at radius 3 is 2.39 bits per heavy atom. The molecule has 1 heterocycles. The molecule has 1 fully saturated rings. The van der Waals surface area contributed by atoms with Gasteiger partial charge >= 0.3 is 0 Å². The molecule has 1 aliphatic carbocycles. The van der Waals surface area contributed by atoms with E-state index in [-0.39, 0.29) is 11.7 Å². The maximum Gasteiger partial charge on any atom is 0.276 e. The van der Waals surface area contributed by atoms with Crippen LogP contribution in [0.4, 0.5) is 4.39 Å². The van der Waals surface area contributed by atoms with E-state index in [0.29, 0.717) is 33.4 Å². The number of ketones is 1. The Morgan fingerprint density at radius 1 is 1.09 bits per heavy atom. The molecule has 0 amide bonds. The second-order valence-corrected chi connectivity index (χ2v) is 9.97. The van der Waals surface area contributed by atoms with E-state index in [9.17, 15) is 9.18 Å². The first-order valence-corrected chi connectivity index (χ1v) is 11.3. The molecule has 1 saturated carbocycles. The van der Waals surface area contributed by atoms with Gasteiger partial charge in [0, 0.05) is 10.6 Å². The quantitative estimate of drug-likeness (QED) is 0.425. The summed E-state index contributed by atoms with van der Waals surface area (Å²) in [6.07, 6.45) is 2.07. The topological polar surface area (TPSA) is 44.8 Å². The number of ether oxygens (including phenoxy) is 3. The fourth-order valence-electron chi connectivity index (χ4n) is 4.42. The predicted molar refractivity (Wildman–Crippen MR) is 127 cm³/mol. The zero-order valence-corrected chi connectivity index (χ0v) is 20.3. The Kier molecular flexibility index (Phi) is 5.92. The van der Waals surface area contributed by atoms with Crippen molar-refractivity contribution in [1.29, 1.82) is 0 Å². The minimum Gasteiger partial charge on any atom is -0.469 e. The van der Waals surface area contributed by atoms with Crippen molar-refractivity contribution in [2.24, 2.45) is 0 Å². The zero-order chi connectivity index (χ0) is 24.1. The second kappa shape index (κ2) is 8.30. The Hall–Kier alpha value is -2.63. The van der Waals surface area contributed by atoms with Gasteiger partial charge in [0.05, 0.1) is 12.7 Å². The minimum absolute atomic E-state index is 0.0551. The summed E-state index contributed by atoms with van der Waals surface area (Å²) in [4.78, 5) is 13.7. The van der Waals surface area contributed by atoms with Crippen LogP contribution in [0.25, 0.3) is 16.7 Å². The van der Waals surface area contributed by atoms with Gasteiger partial charge in [-0.15, -0.1) is 0 Å². The standard InChI is InChI=1S/C27H28ClFO4/c1-15(31-6)32-25-23(24(30)26(2,3)33-27(25,4)5)21-13-17(9-11-19(21)16-7-8-16)20-12-10-18(28)14-22(20)29/h9-14,16H,1,7-8H2,2-6H3. The molecule has 0 N–H and O–H groups in total. The van der Waals surface area contributed by atoms with Gasteiger partial charge in [0.25, 0.3) is 5.95 Å². The van der Waals surface area contributed by atoms with Crippen LogP contribution in [0.3, 0.4) is 0 Å². The first-order chi connectivity index (χ1) is 15.4. The van der Waals surface area contributed by atoms with E-state index >= 15 is 0 Å². The van der Waals surface area contributed by atoms with Crippen molar-refractivity contribution in [3.05, 3.63) is 76.6 Å². The Bertz CT molecular complexity index is 1170. The summed E-state index contributed by atoms with van der Waals surface area (Å²) in [6.45, 7) is 11.0. The number of Topliss-reactive ketones (excluding diaryl/α,β-unsaturated/α-hetero) is 1. The maximum atomic E-state index is 14.8. The molecule has 0 saturated heterocycles. The highest BCUT2D eigenvalue weighted by Gasteiger charge is 2.49. The Labute approximate surface area is 199 Å². The summed E-state index contributed by atoms with van der Waals surface area (Å²) in [6, 6.07) is 10.3. The molecule has 0 unspecified atom stereocenters. The van der Waals surface area contributed by atoms with Crippen LogP contribution in [0.5, 0.6) is 0 Å². The molecule has 0 spiro atoms. The monoisotopic (exact) mass is 470 g/mol. The maximum absolute atomic E-state index is 14.8. The van der Waals surface area contributed by atoms with Gasteiger partial charge < -0.3 is 14.2 Å². The average molecular weight is 471 g/mol. The van der Waals surface area contributed by atoms with Gasteiger partial charge in [0.1, 0.15) is 17.0 Å². The SMILES string of the molecule is C=C(OC)OC1=C(c2cc(-c3ccc(Cl)cc3F)ccc2C2CC2)C(=O)C(C)(C)OC1(C)C. The number of rotatable bonds is 6. The highest BCUT2D eigenvalue weighted by atomic mass is 35.5. The lowest BCUT2D eigenvalue weighted by Crippen LogP contribution is -2.50. The van der Waals surface area contributed by atoms with Crippen molar-refractivity contribution in [3.63, 3.8) is 0 Å². The molecule has 33 heavy (non-hydrogen) atoms. The third-order valence-electron chi connectivity index (χ3n) is 6.08. The van der Waals surface area contributed by atoms with Crippen molar-refractivity contribution < 1.29 is 23.4 Å². The van der Waals surface area contributed by atoms with Gasteiger partial charge in [-0.2, -0.15) is 0 Å². The van der Waals surface area contributed by atoms with Crippen molar-refractivity contribution >= 4 is 23.0 Å². The molecule has 2 aliphatic rings. The number of hydrogen-bond acceptors (Lipinski definition) is 4. The van der Waals surface area contributed by atoms with Crippen molar-refractivity contribution in [1.82, 2.24) is 0 Å². The van der Waals surface area contributed by atoms with E-state index in [0.717, 1.165) is 24.0 Å². The molecular formula is C27H28ClFO4. The van der Waals surface area contributed by atoms with Crippen LogP contribution in [-0.4, -0.2) is 24.1 Å². The third-order valence-corrected chi connectivity index (χ3v) is 6.32. The normalized spacial score (nSPS) is 19.4. The van der Waals surface area contributed by atoms with Crippen LogP contribution in [0.1, 0.15) is 57.6 Å². The van der Waals surface area contributed by atoms with Crippen LogP contribution in [0.15, 0.2) is 54.7 Å². The van der Waals surface area contributed by atoms with E-state index in [4.69, 9.17) is 25.8 Å². The molecule has 2 aromatic rings. The minimum atomic E-state index is -1.08. The van der Waals surface area contributed by atoms with Crippen molar-refractivity contribution in [2.75, 3.05) is 7.11 Å². The largest absolute Gasteiger partial charge is 0.469 e. The van der Waals surface area contributed by atoms with Crippen LogP contribution < -0.4 is 0 Å². The van der Waals surface area contributed by atoms with Crippen LogP contribution >= 0.6 is 11.6 Å². The molecule has 1 aliphatic heterocycles. The predicted octanol–water partition coefficient (Wildman–Crippen LogP) is 7.03. The van der Waals surface area contributed by atoms with E-state index < -0.39 is 17.0 Å². The number of hydrogen-bond donors (Lipinski definition) is 0. The lowest BCUT2D eigenvalue weighted by atomic mass is 9.80. The summed E-state index contributed by atoms with van der Waals surface area (Å²) >= 11 is 5.95. The molecule has 0 radical (unpaired) electrons. The molecule has 6 heteroatoms. The molecule has 0 atom stereocenters. The molecule has 0 bridgehead atoms. The van der Waals surface area contributed by atoms with E-state index in [1.165, 1.54) is 13.2 Å². The third kappa shape index (κ3) is 4.44. The highest BCUT2D eigenvalue weighted by Crippen LogP contribution is 2.49. The highest BCUT2D eigenvalue weighted by molar-refractivity contribution is 6.30. The number of benzene rings is 2. The van der Waals surface area contributed by atoms with Crippen LogP contribution in [0.2, 0.25) is 5.02 Å². The van der Waals surface area contributed by atoms with E-state index in [1.807, 2.05) is 32.0 Å². The van der Waals surface area contributed by atoms with Crippen molar-refractivity contribution in [2.45, 2.75) is 57.7 Å². The Balaban J connectivity index is 2.00. The van der Waals surface area contributed by atoms with Gasteiger partial charge in [0.15, 0.2) is 11.5 Å². The first-order valence-electron chi connectivity index (χ1n) is 10.9. The number of methoxy groups -OCH3 is 1. The average Bonchev–Trinajstić information content (AvgIpc) is 3.56. The van der Waals surface area contributed by atoms with Gasteiger partial charge in [-0.05, 0) is 94.0 Å². The fourth-order valence-corrected chi connectivity index (χ4v) is 4.58. The number of carbonyl (C=O) groups excluding carboxylic acids is 1. The van der Waals surface area contributed by atoms with Crippen molar-refractivity contribution in [3.8, 4) is 11.1 Å². The van der Waals surface area contributed by atoms with Crippen LogP contribution in [0, 0.1) is 5.82 Å². The van der Waals surface area contributed by atoms with Gasteiger partial charge in [0.2, 0.25) is 0 Å². The van der Waals surface area contributed by atoms with Gasteiger partial charge in [-0.1, -0.05) is 23.7 Å². The fraction of sp³-hybridized carbons (Fsp3) is 0.370. The summed E-state index contributed by atoms with van der Waals surface area (Å²) in [5.74, 6) is 0.0837. The number of halogens is 2. The van der Waals surface area contributed by atoms with E-state index in [2.05, 4.69) is 6.58 Å². The summed E-state index contributed by atoms with van der Waals surface area (Å²) in [5.41, 5.74) is 1.21. The van der Waals surface area contributed by atoms with Crippen LogP contribution in [-0.2, 0) is 19.0 Å². The molecule has 2 aromatic carbocycles. The lowest BCUT2D eigenvalue weighted by molar-refractivity contribution is -0.160. The lowest BCUT2D eigenvalue weighted by Gasteiger charge is -2.42. The van der Waals surface area contributed by atoms with Gasteiger partial charge in [-0.25, -0.2) is 4.39 Å². The summed E-state index contributed by atoms with van der Waals surface area (Å²) in [7, 11) is 1.45. The second-order valence-electron chi connectivity index (χ2n) is 9.53. The summed E-state index contributed by atoms with van der Waals surface area (Å²) in [5, 5.41) is 0.325. The molecule has 174 valence electrons. The first kappa shape index (κ1) is 23.5. The zero-order valence-electron chi connectivity index (χ0n) is 19.6. The van der Waals surface area contributed by atoms with E-state index in [1.54, 1.807) is 26.0 Å². The molecule has 4 rings (SSSR count). The molecule has 4 nitrogen and oxygen atoms in total.